The molecule has 0 aliphatic carbocycles. The summed E-state index contributed by atoms with van der Waals surface area (Å²) < 4.78 is 1.01. The van der Waals surface area contributed by atoms with Crippen molar-refractivity contribution in [2.24, 2.45) is 0 Å². The van der Waals surface area contributed by atoms with E-state index < -0.39 is 0 Å². The second-order valence-corrected chi connectivity index (χ2v) is 4.39. The minimum Gasteiger partial charge on any atom is -0.499 e. The van der Waals surface area contributed by atoms with Gasteiger partial charge in [0.15, 0.2) is 5.06 Å². The fraction of sp³-hybridized carbons (Fsp3) is 0.111. The zero-order valence-corrected chi connectivity index (χ0v) is 8.88. The third-order valence-corrected chi connectivity index (χ3v) is 3.38. The summed E-state index contributed by atoms with van der Waals surface area (Å²) in [5.74, 6) is 0.312. The molecule has 0 saturated heterocycles. The molecule has 68 valence electrons. The largest absolute Gasteiger partial charge is 0.499 e. The molecule has 2 aromatic rings. The Balaban J connectivity index is 2.80. The minimum atomic E-state index is 0.285. The lowest BCUT2D eigenvalue weighted by atomic mass is 10.2. The average Bonchev–Trinajstić information content (AvgIpc) is 2.40. The van der Waals surface area contributed by atoms with Gasteiger partial charge in [-0.3, -0.25) is 0 Å². The predicted octanol–water partition coefficient (Wildman–Crippen LogP) is 4.00. The summed E-state index contributed by atoms with van der Waals surface area (Å²) in [6.45, 7) is 0. The molecule has 0 fully saturated rings. The molecule has 0 aliphatic heterocycles. The van der Waals surface area contributed by atoms with E-state index in [2.05, 4.69) is 0 Å². The molecule has 1 aromatic carbocycles. The topological polar surface area (TPSA) is 20.2 Å². The monoisotopic (exact) mass is 232 g/mol. The Kier molecular flexibility index (Phi) is 2.37. The number of thiophene rings is 1. The van der Waals surface area contributed by atoms with E-state index in [1.807, 2.05) is 12.1 Å². The van der Waals surface area contributed by atoms with E-state index in [0.717, 1.165) is 15.6 Å². The molecule has 1 nitrogen and oxygen atoms in total. The summed E-state index contributed by atoms with van der Waals surface area (Å²) in [5, 5.41) is 11.4. The molecule has 0 unspecified atom stereocenters. The summed E-state index contributed by atoms with van der Waals surface area (Å²) in [6.07, 6.45) is 0. The van der Waals surface area contributed by atoms with E-state index in [1.165, 1.54) is 11.3 Å². The normalized spacial score (nSPS) is 10.9. The smallest absolute Gasteiger partial charge is 0.176 e. The van der Waals surface area contributed by atoms with Crippen LogP contribution in [-0.4, -0.2) is 5.11 Å². The van der Waals surface area contributed by atoms with Crippen LogP contribution in [0.2, 0.25) is 5.02 Å². The quantitative estimate of drug-likeness (QED) is 0.738. The number of benzene rings is 1. The molecule has 1 N–H and O–H groups in total. The van der Waals surface area contributed by atoms with Crippen molar-refractivity contribution < 1.29 is 5.11 Å². The molecule has 0 radical (unpaired) electrons. The molecular formula is C9H6Cl2OS. The summed E-state index contributed by atoms with van der Waals surface area (Å²) in [7, 11) is 0. The minimum absolute atomic E-state index is 0.285. The van der Waals surface area contributed by atoms with Gasteiger partial charge in [0.25, 0.3) is 0 Å². The van der Waals surface area contributed by atoms with Gasteiger partial charge in [0.2, 0.25) is 0 Å². The maximum absolute atomic E-state index is 9.52. The Labute approximate surface area is 89.5 Å². The summed E-state index contributed by atoms with van der Waals surface area (Å²) in [4.78, 5) is 0. The highest BCUT2D eigenvalue weighted by molar-refractivity contribution is 7.21. The van der Waals surface area contributed by atoms with Gasteiger partial charge < -0.3 is 5.11 Å². The molecule has 0 spiro atoms. The van der Waals surface area contributed by atoms with Crippen LogP contribution in [-0.2, 0) is 5.88 Å². The highest BCUT2D eigenvalue weighted by Crippen LogP contribution is 2.38. The van der Waals surface area contributed by atoms with E-state index >= 15 is 0 Å². The maximum atomic E-state index is 9.52. The van der Waals surface area contributed by atoms with Crippen molar-refractivity contribution in [1.82, 2.24) is 0 Å². The fourth-order valence-corrected chi connectivity index (χ4v) is 2.70. The summed E-state index contributed by atoms with van der Waals surface area (Å²) >= 11 is 12.9. The molecule has 1 aromatic heterocycles. The Hall–Kier alpha value is -0.440. The molecular weight excluding hydrogens is 227 g/mol. The van der Waals surface area contributed by atoms with Crippen LogP contribution in [0, 0.1) is 0 Å². The fourth-order valence-electron chi connectivity index (χ4n) is 1.24. The van der Waals surface area contributed by atoms with Crippen LogP contribution in [0.3, 0.4) is 0 Å². The van der Waals surface area contributed by atoms with Crippen LogP contribution in [0.25, 0.3) is 10.1 Å². The molecule has 2 rings (SSSR count). The van der Waals surface area contributed by atoms with Crippen molar-refractivity contribution in [3.05, 3.63) is 28.8 Å². The van der Waals surface area contributed by atoms with Crippen molar-refractivity contribution in [3.63, 3.8) is 0 Å². The van der Waals surface area contributed by atoms with Crippen LogP contribution in [0.15, 0.2) is 18.2 Å². The third-order valence-electron chi connectivity index (χ3n) is 1.87. The van der Waals surface area contributed by atoms with Crippen LogP contribution >= 0.6 is 34.5 Å². The van der Waals surface area contributed by atoms with Crippen molar-refractivity contribution in [2.45, 2.75) is 5.88 Å². The van der Waals surface area contributed by atoms with Gasteiger partial charge in [0.05, 0.1) is 5.88 Å². The number of halogens is 2. The number of hydrogen-bond donors (Lipinski definition) is 1. The third kappa shape index (κ3) is 1.50. The van der Waals surface area contributed by atoms with Crippen molar-refractivity contribution in [2.75, 3.05) is 0 Å². The molecule has 0 saturated carbocycles. The van der Waals surface area contributed by atoms with Crippen molar-refractivity contribution in [3.8, 4) is 5.06 Å². The SMILES string of the molecule is Oc1sc2ccc(Cl)cc2c1CCl. The average molecular weight is 233 g/mol. The standard InChI is InChI=1S/C9H6Cl2OS/c10-4-7-6-3-5(11)1-2-8(6)13-9(7)12/h1-3,12H,4H2. The van der Waals surface area contributed by atoms with Crippen molar-refractivity contribution >= 4 is 44.6 Å². The lowest BCUT2D eigenvalue weighted by molar-refractivity contribution is 0.487. The van der Waals surface area contributed by atoms with E-state index in [9.17, 15) is 5.11 Å². The number of fused-ring (bicyclic) bond motifs is 1. The van der Waals surface area contributed by atoms with Crippen LogP contribution < -0.4 is 0 Å². The Morgan fingerprint density at radius 1 is 1.38 bits per heavy atom. The summed E-state index contributed by atoms with van der Waals surface area (Å²) in [6, 6.07) is 5.51. The Morgan fingerprint density at radius 3 is 2.85 bits per heavy atom. The number of rotatable bonds is 1. The highest BCUT2D eigenvalue weighted by Gasteiger charge is 2.09. The van der Waals surface area contributed by atoms with Gasteiger partial charge >= 0.3 is 0 Å². The second kappa shape index (κ2) is 3.37. The molecule has 0 atom stereocenters. The van der Waals surface area contributed by atoms with Gasteiger partial charge in [-0.05, 0) is 18.2 Å². The van der Waals surface area contributed by atoms with E-state index in [0.29, 0.717) is 10.9 Å². The lowest BCUT2D eigenvalue weighted by Crippen LogP contribution is -1.74. The zero-order chi connectivity index (χ0) is 9.42. The van der Waals surface area contributed by atoms with E-state index in [4.69, 9.17) is 23.2 Å². The first-order valence-electron chi connectivity index (χ1n) is 3.68. The van der Waals surface area contributed by atoms with Gasteiger partial charge in [-0.2, -0.15) is 0 Å². The Morgan fingerprint density at radius 2 is 2.15 bits per heavy atom. The first kappa shape index (κ1) is 9.13. The first-order valence-corrected chi connectivity index (χ1v) is 5.41. The lowest BCUT2D eigenvalue weighted by Gasteiger charge is -1.93. The second-order valence-electron chi connectivity index (χ2n) is 2.66. The first-order chi connectivity index (χ1) is 6.22. The van der Waals surface area contributed by atoms with Crippen LogP contribution in [0.4, 0.5) is 0 Å². The molecule has 0 bridgehead atoms. The van der Waals surface area contributed by atoms with Crippen molar-refractivity contribution in [1.29, 1.82) is 0 Å². The van der Waals surface area contributed by atoms with E-state index in [-0.39, 0.29) is 5.06 Å². The van der Waals surface area contributed by atoms with Gasteiger partial charge in [-0.25, -0.2) is 0 Å². The number of aromatic hydroxyl groups is 1. The number of alkyl halides is 1. The molecule has 4 heteroatoms. The maximum Gasteiger partial charge on any atom is 0.176 e. The highest BCUT2D eigenvalue weighted by atomic mass is 35.5. The van der Waals surface area contributed by atoms with E-state index in [1.54, 1.807) is 6.07 Å². The molecule has 1 heterocycles. The van der Waals surface area contributed by atoms with Crippen LogP contribution in [0.1, 0.15) is 5.56 Å². The molecule has 0 aliphatic rings. The zero-order valence-electron chi connectivity index (χ0n) is 6.55. The molecule has 13 heavy (non-hydrogen) atoms. The van der Waals surface area contributed by atoms with Gasteiger partial charge in [0, 0.05) is 20.7 Å². The number of hydrogen-bond acceptors (Lipinski definition) is 2. The Bertz CT molecular complexity index is 450. The van der Waals surface area contributed by atoms with Gasteiger partial charge in [0.1, 0.15) is 0 Å². The van der Waals surface area contributed by atoms with Gasteiger partial charge in [-0.1, -0.05) is 22.9 Å². The van der Waals surface area contributed by atoms with Gasteiger partial charge in [-0.15, -0.1) is 11.6 Å². The molecule has 0 amide bonds. The summed E-state index contributed by atoms with van der Waals surface area (Å²) in [5.41, 5.74) is 0.768. The predicted molar refractivity (Wildman–Crippen MR) is 58.1 cm³/mol. The van der Waals surface area contributed by atoms with Crippen LogP contribution in [0.5, 0.6) is 5.06 Å².